The van der Waals surface area contributed by atoms with Gasteiger partial charge >= 0.3 is 0 Å². The van der Waals surface area contributed by atoms with Crippen LogP contribution in [0.5, 0.6) is 0 Å². The maximum absolute atomic E-state index is 12.1. The highest BCUT2D eigenvalue weighted by molar-refractivity contribution is 9.10. The number of aromatic amines is 1. The largest absolute Gasteiger partial charge is 0.374 e. The third-order valence-electron chi connectivity index (χ3n) is 3.62. The molecule has 24 heavy (non-hydrogen) atoms. The molecule has 3 rings (SSSR count). The van der Waals surface area contributed by atoms with E-state index in [4.69, 9.17) is 0 Å². The molecule has 5 nitrogen and oxygen atoms in total. The summed E-state index contributed by atoms with van der Waals surface area (Å²) in [6.07, 6.45) is 3.51. The Hall–Kier alpha value is -2.60. The molecule has 0 saturated carbocycles. The minimum absolute atomic E-state index is 0.200. The molecule has 2 aromatic carbocycles. The van der Waals surface area contributed by atoms with E-state index < -0.39 is 6.04 Å². The fourth-order valence-electron chi connectivity index (χ4n) is 2.32. The fraction of sp³-hybridized carbons (Fsp3) is 0.111. The van der Waals surface area contributed by atoms with E-state index in [1.165, 1.54) is 0 Å². The van der Waals surface area contributed by atoms with Gasteiger partial charge in [-0.2, -0.15) is 5.10 Å². The Morgan fingerprint density at radius 2 is 1.96 bits per heavy atom. The molecule has 6 heteroatoms. The van der Waals surface area contributed by atoms with E-state index in [-0.39, 0.29) is 5.91 Å². The highest BCUT2D eigenvalue weighted by Gasteiger charge is 2.11. The second kappa shape index (κ2) is 7.31. The number of H-pyrrole nitrogens is 1. The molecule has 122 valence electrons. The zero-order valence-corrected chi connectivity index (χ0v) is 14.7. The number of carbonyl (C=O) groups excluding carboxylic acids is 1. The van der Waals surface area contributed by atoms with E-state index in [9.17, 15) is 4.79 Å². The van der Waals surface area contributed by atoms with Gasteiger partial charge in [-0.3, -0.25) is 4.79 Å². The maximum atomic E-state index is 12.1. The van der Waals surface area contributed by atoms with Crippen LogP contribution < -0.4 is 10.7 Å². The zero-order chi connectivity index (χ0) is 16.9. The minimum atomic E-state index is -0.397. The van der Waals surface area contributed by atoms with Gasteiger partial charge < -0.3 is 10.3 Å². The number of anilines is 1. The summed E-state index contributed by atoms with van der Waals surface area (Å²) in [5, 5.41) is 8.24. The van der Waals surface area contributed by atoms with Gasteiger partial charge in [0, 0.05) is 32.8 Å². The normalized spacial score (nSPS) is 12.4. The van der Waals surface area contributed by atoms with Gasteiger partial charge in [-0.15, -0.1) is 0 Å². The Bertz CT molecular complexity index is 870. The molecule has 0 saturated heterocycles. The average molecular weight is 385 g/mol. The molecule has 0 bridgehead atoms. The van der Waals surface area contributed by atoms with Crippen LogP contribution in [-0.2, 0) is 4.79 Å². The molecule has 0 radical (unpaired) electrons. The Morgan fingerprint density at radius 1 is 1.21 bits per heavy atom. The first-order valence-corrected chi connectivity index (χ1v) is 8.34. The second-order valence-corrected chi connectivity index (χ2v) is 6.31. The van der Waals surface area contributed by atoms with E-state index in [1.807, 2.05) is 54.7 Å². The molecule has 1 aromatic heterocycles. The highest BCUT2D eigenvalue weighted by atomic mass is 79.9. The number of nitrogens with one attached hydrogen (secondary N) is 3. The molecular formula is C18H17BrN4O. The number of halogens is 1. The first-order valence-electron chi connectivity index (χ1n) is 7.54. The highest BCUT2D eigenvalue weighted by Crippen LogP contribution is 2.16. The van der Waals surface area contributed by atoms with Crippen molar-refractivity contribution >= 4 is 44.6 Å². The predicted octanol–water partition coefficient (Wildman–Crippen LogP) is 3.88. The summed E-state index contributed by atoms with van der Waals surface area (Å²) < 4.78 is 0.994. The van der Waals surface area contributed by atoms with Crippen molar-refractivity contribution in [2.24, 2.45) is 5.10 Å². The third kappa shape index (κ3) is 3.83. The predicted molar refractivity (Wildman–Crippen MR) is 101 cm³/mol. The lowest BCUT2D eigenvalue weighted by molar-refractivity contribution is -0.121. The molecule has 0 fully saturated rings. The molecule has 1 unspecified atom stereocenters. The lowest BCUT2D eigenvalue weighted by Crippen LogP contribution is -2.34. The summed E-state index contributed by atoms with van der Waals surface area (Å²) in [5.74, 6) is -0.200. The van der Waals surface area contributed by atoms with E-state index in [1.54, 1.807) is 13.1 Å². The minimum Gasteiger partial charge on any atom is -0.374 e. The number of amides is 1. The monoisotopic (exact) mass is 384 g/mol. The van der Waals surface area contributed by atoms with Crippen LogP contribution in [0.4, 0.5) is 5.69 Å². The van der Waals surface area contributed by atoms with Crippen LogP contribution in [0, 0.1) is 0 Å². The number of para-hydroxylation sites is 1. The molecule has 0 aliphatic carbocycles. The van der Waals surface area contributed by atoms with Gasteiger partial charge in [0.15, 0.2) is 0 Å². The molecule has 3 aromatic rings. The topological polar surface area (TPSA) is 69.3 Å². The Balaban J connectivity index is 1.59. The Kier molecular flexibility index (Phi) is 4.96. The van der Waals surface area contributed by atoms with Gasteiger partial charge in [0.2, 0.25) is 0 Å². The summed E-state index contributed by atoms with van der Waals surface area (Å²) in [6, 6.07) is 15.2. The van der Waals surface area contributed by atoms with Gasteiger partial charge in [0.25, 0.3) is 5.91 Å². The van der Waals surface area contributed by atoms with Crippen molar-refractivity contribution in [3.8, 4) is 0 Å². The number of nitrogens with zero attached hydrogens (tertiary/aromatic N) is 1. The summed E-state index contributed by atoms with van der Waals surface area (Å²) >= 11 is 3.38. The molecular weight excluding hydrogens is 368 g/mol. The van der Waals surface area contributed by atoms with Crippen molar-refractivity contribution in [2.45, 2.75) is 13.0 Å². The Labute approximate surface area is 148 Å². The fourth-order valence-corrected chi connectivity index (χ4v) is 2.59. The number of aromatic nitrogens is 1. The SMILES string of the molecule is CC(Nc1ccc(Br)cc1)C(=O)NN=Cc1c[nH]c2ccccc12. The number of benzene rings is 2. The number of hydrogen-bond acceptors (Lipinski definition) is 3. The standard InChI is InChI=1S/C18H17BrN4O/c1-12(22-15-8-6-14(19)7-9-15)18(24)23-21-11-13-10-20-17-5-3-2-4-16(13)17/h2-12,20,22H,1H3,(H,23,24). The number of rotatable bonds is 5. The van der Waals surface area contributed by atoms with Crippen LogP contribution in [-0.4, -0.2) is 23.1 Å². The number of fused-ring (bicyclic) bond motifs is 1. The quantitative estimate of drug-likeness (QED) is 0.461. The van der Waals surface area contributed by atoms with Gasteiger partial charge in [-0.25, -0.2) is 5.43 Å². The van der Waals surface area contributed by atoms with E-state index in [0.717, 1.165) is 26.6 Å². The van der Waals surface area contributed by atoms with Crippen molar-refractivity contribution in [2.75, 3.05) is 5.32 Å². The van der Waals surface area contributed by atoms with E-state index in [2.05, 4.69) is 36.8 Å². The van der Waals surface area contributed by atoms with Gasteiger partial charge in [0.1, 0.15) is 6.04 Å². The van der Waals surface area contributed by atoms with Crippen LogP contribution in [0.2, 0.25) is 0 Å². The Morgan fingerprint density at radius 3 is 2.75 bits per heavy atom. The third-order valence-corrected chi connectivity index (χ3v) is 4.15. The molecule has 1 heterocycles. The zero-order valence-electron chi connectivity index (χ0n) is 13.1. The van der Waals surface area contributed by atoms with Gasteiger partial charge in [0.05, 0.1) is 6.21 Å². The average Bonchev–Trinajstić information content (AvgIpc) is 3.00. The molecule has 0 aliphatic heterocycles. The van der Waals surface area contributed by atoms with Crippen LogP contribution >= 0.6 is 15.9 Å². The maximum Gasteiger partial charge on any atom is 0.262 e. The molecule has 1 amide bonds. The van der Waals surface area contributed by atoms with Crippen molar-refractivity contribution in [3.63, 3.8) is 0 Å². The second-order valence-electron chi connectivity index (χ2n) is 5.40. The molecule has 0 aliphatic rings. The summed E-state index contributed by atoms with van der Waals surface area (Å²) in [7, 11) is 0. The summed E-state index contributed by atoms with van der Waals surface area (Å²) in [5.41, 5.74) is 5.41. The lowest BCUT2D eigenvalue weighted by Gasteiger charge is -2.13. The first-order chi connectivity index (χ1) is 11.6. The summed E-state index contributed by atoms with van der Waals surface area (Å²) in [6.45, 7) is 1.79. The number of hydrogen-bond donors (Lipinski definition) is 3. The smallest absolute Gasteiger partial charge is 0.262 e. The number of carbonyl (C=O) groups is 1. The number of hydrazone groups is 1. The van der Waals surface area contributed by atoms with Crippen molar-refractivity contribution in [1.82, 2.24) is 10.4 Å². The van der Waals surface area contributed by atoms with Gasteiger partial charge in [-0.05, 0) is 37.3 Å². The summed E-state index contributed by atoms with van der Waals surface area (Å²) in [4.78, 5) is 15.3. The van der Waals surface area contributed by atoms with Crippen molar-refractivity contribution in [3.05, 3.63) is 64.8 Å². The van der Waals surface area contributed by atoms with Crippen LogP contribution in [0.1, 0.15) is 12.5 Å². The molecule has 1 atom stereocenters. The van der Waals surface area contributed by atoms with E-state index in [0.29, 0.717) is 0 Å². The molecule has 0 spiro atoms. The van der Waals surface area contributed by atoms with Crippen LogP contribution in [0.25, 0.3) is 10.9 Å². The van der Waals surface area contributed by atoms with Crippen molar-refractivity contribution < 1.29 is 4.79 Å². The molecule has 3 N–H and O–H groups in total. The lowest BCUT2D eigenvalue weighted by atomic mass is 10.2. The van der Waals surface area contributed by atoms with Gasteiger partial charge in [-0.1, -0.05) is 34.1 Å². The van der Waals surface area contributed by atoms with Crippen LogP contribution in [0.15, 0.2) is 64.3 Å². The first kappa shape index (κ1) is 16.3. The van der Waals surface area contributed by atoms with Crippen molar-refractivity contribution in [1.29, 1.82) is 0 Å². The van der Waals surface area contributed by atoms with Crippen LogP contribution in [0.3, 0.4) is 0 Å². The van der Waals surface area contributed by atoms with E-state index >= 15 is 0 Å².